The Bertz CT molecular complexity index is 621. The van der Waals surface area contributed by atoms with Crippen LogP contribution in [0.1, 0.15) is 32.3 Å². The number of aliphatic hydroxyl groups is 1. The Labute approximate surface area is 142 Å². The minimum atomic E-state index is -0.171. The van der Waals surface area contributed by atoms with Gasteiger partial charge in [-0.25, -0.2) is 9.78 Å². The lowest BCUT2D eigenvalue weighted by Crippen LogP contribution is -2.36. The van der Waals surface area contributed by atoms with Crippen LogP contribution in [0.15, 0.2) is 43.0 Å². The number of aliphatic hydroxyl groups excluding tert-OH is 1. The Morgan fingerprint density at radius 3 is 2.62 bits per heavy atom. The molecule has 0 aliphatic carbocycles. The van der Waals surface area contributed by atoms with Crippen LogP contribution in [-0.4, -0.2) is 33.8 Å². The van der Waals surface area contributed by atoms with Gasteiger partial charge >= 0.3 is 6.03 Å². The van der Waals surface area contributed by atoms with E-state index in [9.17, 15) is 9.90 Å². The molecule has 1 heterocycles. The summed E-state index contributed by atoms with van der Waals surface area (Å²) in [5.74, 6) is 0. The molecular formula is C18H26N4O2. The molecule has 2 amide bonds. The third-order valence-corrected chi connectivity index (χ3v) is 3.94. The van der Waals surface area contributed by atoms with Gasteiger partial charge in [0.25, 0.3) is 0 Å². The van der Waals surface area contributed by atoms with Crippen molar-refractivity contribution in [1.82, 2.24) is 20.2 Å². The Hall–Kier alpha value is -2.34. The molecular weight excluding hydrogens is 304 g/mol. The van der Waals surface area contributed by atoms with Crippen molar-refractivity contribution in [2.75, 3.05) is 13.2 Å². The van der Waals surface area contributed by atoms with Gasteiger partial charge in [-0.2, -0.15) is 0 Å². The molecule has 0 bridgehead atoms. The molecule has 2 rings (SSSR count). The first kappa shape index (κ1) is 18.0. The molecule has 2 aromatic rings. The Morgan fingerprint density at radius 1 is 1.25 bits per heavy atom. The number of carbonyl (C=O) groups excluding carboxylic acids is 1. The molecule has 6 nitrogen and oxygen atoms in total. The number of urea groups is 1. The molecule has 0 radical (unpaired) electrons. The highest BCUT2D eigenvalue weighted by molar-refractivity contribution is 5.73. The zero-order valence-corrected chi connectivity index (χ0v) is 14.3. The summed E-state index contributed by atoms with van der Waals surface area (Å²) in [7, 11) is 0. The highest BCUT2D eigenvalue weighted by atomic mass is 16.3. The minimum absolute atomic E-state index is 0.0882. The average Bonchev–Trinajstić information content (AvgIpc) is 3.12. The lowest BCUT2D eigenvalue weighted by molar-refractivity contribution is 0.148. The summed E-state index contributed by atoms with van der Waals surface area (Å²) >= 11 is 0. The molecule has 1 aromatic heterocycles. The minimum Gasteiger partial charge on any atom is -0.396 e. The maximum absolute atomic E-state index is 11.8. The molecule has 24 heavy (non-hydrogen) atoms. The highest BCUT2D eigenvalue weighted by Crippen LogP contribution is 2.20. The second-order valence-electron chi connectivity index (χ2n) is 6.67. The predicted octanol–water partition coefficient (Wildman–Crippen LogP) is 2.47. The molecule has 0 unspecified atom stereocenters. The van der Waals surface area contributed by atoms with E-state index in [0.29, 0.717) is 13.1 Å². The Balaban J connectivity index is 1.68. The fourth-order valence-corrected chi connectivity index (χ4v) is 2.29. The van der Waals surface area contributed by atoms with Crippen molar-refractivity contribution >= 4 is 6.03 Å². The van der Waals surface area contributed by atoms with Crippen LogP contribution in [0.25, 0.3) is 5.69 Å². The normalized spacial score (nSPS) is 11.3. The van der Waals surface area contributed by atoms with Crippen molar-refractivity contribution in [3.05, 3.63) is 48.5 Å². The van der Waals surface area contributed by atoms with E-state index >= 15 is 0 Å². The van der Waals surface area contributed by atoms with E-state index in [-0.39, 0.29) is 18.1 Å². The van der Waals surface area contributed by atoms with Gasteiger partial charge in [0.15, 0.2) is 0 Å². The number of hydrogen-bond acceptors (Lipinski definition) is 3. The summed E-state index contributed by atoms with van der Waals surface area (Å²) < 4.78 is 1.93. The van der Waals surface area contributed by atoms with Gasteiger partial charge in [0.1, 0.15) is 0 Å². The number of rotatable bonds is 8. The van der Waals surface area contributed by atoms with Gasteiger partial charge in [0.05, 0.1) is 6.33 Å². The van der Waals surface area contributed by atoms with E-state index in [4.69, 9.17) is 0 Å². The van der Waals surface area contributed by atoms with Crippen LogP contribution in [0.4, 0.5) is 4.79 Å². The first-order valence-corrected chi connectivity index (χ1v) is 8.20. The molecule has 0 spiro atoms. The number of hydrogen-bond donors (Lipinski definition) is 3. The van der Waals surface area contributed by atoms with Crippen LogP contribution < -0.4 is 10.6 Å². The van der Waals surface area contributed by atoms with E-state index in [1.54, 1.807) is 12.5 Å². The van der Waals surface area contributed by atoms with Crippen LogP contribution in [-0.2, 0) is 6.54 Å². The fourth-order valence-electron chi connectivity index (χ4n) is 2.29. The van der Waals surface area contributed by atoms with E-state index < -0.39 is 0 Å². The molecule has 0 fully saturated rings. The third-order valence-electron chi connectivity index (χ3n) is 3.94. The van der Waals surface area contributed by atoms with Crippen LogP contribution in [0.5, 0.6) is 0 Å². The second-order valence-corrected chi connectivity index (χ2v) is 6.67. The molecule has 0 atom stereocenters. The van der Waals surface area contributed by atoms with Gasteiger partial charge in [-0.05, 0) is 36.0 Å². The zero-order chi connectivity index (χ0) is 17.4. The number of aromatic nitrogens is 2. The largest absolute Gasteiger partial charge is 0.396 e. The van der Waals surface area contributed by atoms with Crippen molar-refractivity contribution in [3.8, 4) is 5.69 Å². The molecule has 0 saturated heterocycles. The first-order valence-electron chi connectivity index (χ1n) is 8.20. The summed E-state index contributed by atoms with van der Waals surface area (Å²) in [4.78, 5) is 15.8. The topological polar surface area (TPSA) is 79.2 Å². The van der Waals surface area contributed by atoms with E-state index in [2.05, 4.69) is 15.6 Å². The SMILES string of the molecule is CC(C)(CO)CCCNC(=O)NCc1ccc(-n2ccnc2)cc1. The van der Waals surface area contributed by atoms with Gasteiger partial charge in [-0.1, -0.05) is 26.0 Å². The lowest BCUT2D eigenvalue weighted by Gasteiger charge is -2.21. The van der Waals surface area contributed by atoms with Crippen molar-refractivity contribution < 1.29 is 9.90 Å². The quantitative estimate of drug-likeness (QED) is 0.651. The monoisotopic (exact) mass is 330 g/mol. The van der Waals surface area contributed by atoms with E-state index in [0.717, 1.165) is 24.1 Å². The van der Waals surface area contributed by atoms with Gasteiger partial charge in [-0.15, -0.1) is 0 Å². The molecule has 6 heteroatoms. The Morgan fingerprint density at radius 2 is 2.00 bits per heavy atom. The number of benzene rings is 1. The first-order chi connectivity index (χ1) is 11.5. The van der Waals surface area contributed by atoms with Crippen LogP contribution in [0, 0.1) is 5.41 Å². The number of nitrogens with zero attached hydrogens (tertiary/aromatic N) is 2. The summed E-state index contributed by atoms with van der Waals surface area (Å²) in [6.45, 7) is 5.28. The molecule has 0 saturated carbocycles. The predicted molar refractivity (Wildman–Crippen MR) is 93.9 cm³/mol. The standard InChI is InChI=1S/C18H26N4O2/c1-18(2,13-23)8-3-9-20-17(24)21-12-15-4-6-16(7-5-15)22-11-10-19-14-22/h4-7,10-11,14,23H,3,8-9,12-13H2,1-2H3,(H2,20,21,24). The van der Waals surface area contributed by atoms with Gasteiger partial charge in [0.2, 0.25) is 0 Å². The van der Waals surface area contributed by atoms with Crippen LogP contribution in [0.3, 0.4) is 0 Å². The molecule has 3 N–H and O–H groups in total. The summed E-state index contributed by atoms with van der Waals surface area (Å²) in [6.07, 6.45) is 7.10. The summed E-state index contributed by atoms with van der Waals surface area (Å²) in [5, 5.41) is 14.9. The number of nitrogens with one attached hydrogen (secondary N) is 2. The maximum atomic E-state index is 11.8. The second kappa shape index (κ2) is 8.49. The van der Waals surface area contributed by atoms with Crippen LogP contribution >= 0.6 is 0 Å². The van der Waals surface area contributed by atoms with E-state index in [1.807, 2.05) is 48.9 Å². The fraction of sp³-hybridized carbons (Fsp3) is 0.444. The van der Waals surface area contributed by atoms with Gasteiger partial charge < -0.3 is 20.3 Å². The average molecular weight is 330 g/mol. The lowest BCUT2D eigenvalue weighted by atomic mass is 9.89. The molecule has 0 aliphatic rings. The zero-order valence-electron chi connectivity index (χ0n) is 14.3. The van der Waals surface area contributed by atoms with Gasteiger partial charge in [0, 0.05) is 37.8 Å². The molecule has 1 aromatic carbocycles. The van der Waals surface area contributed by atoms with Crippen molar-refractivity contribution in [3.63, 3.8) is 0 Å². The van der Waals surface area contributed by atoms with Gasteiger partial charge in [-0.3, -0.25) is 0 Å². The molecule has 0 aliphatic heterocycles. The smallest absolute Gasteiger partial charge is 0.315 e. The van der Waals surface area contributed by atoms with E-state index in [1.165, 1.54) is 0 Å². The number of carbonyl (C=O) groups is 1. The van der Waals surface area contributed by atoms with Crippen molar-refractivity contribution in [2.45, 2.75) is 33.2 Å². The number of amides is 2. The summed E-state index contributed by atoms with van der Waals surface area (Å²) in [6, 6.07) is 7.79. The highest BCUT2D eigenvalue weighted by Gasteiger charge is 2.15. The Kier molecular flexibility index (Phi) is 6.37. The summed E-state index contributed by atoms with van der Waals surface area (Å²) in [5.41, 5.74) is 1.98. The van der Waals surface area contributed by atoms with Crippen molar-refractivity contribution in [2.24, 2.45) is 5.41 Å². The van der Waals surface area contributed by atoms with Crippen molar-refractivity contribution in [1.29, 1.82) is 0 Å². The van der Waals surface area contributed by atoms with Crippen LogP contribution in [0.2, 0.25) is 0 Å². The maximum Gasteiger partial charge on any atom is 0.315 e. The third kappa shape index (κ3) is 5.70. The number of imidazole rings is 1. The molecule has 130 valence electrons.